The normalized spacial score (nSPS) is 7.17. The summed E-state index contributed by atoms with van der Waals surface area (Å²) in [5.41, 5.74) is 0. The van der Waals surface area contributed by atoms with Crippen LogP contribution in [0.25, 0.3) is 0 Å². The molecule has 0 aromatic heterocycles. The summed E-state index contributed by atoms with van der Waals surface area (Å²) in [4.78, 5) is 9.50. The number of carbonyl (C=O) groups excluding carboxylic acids is 1. The Bertz CT molecular complexity index is 38.7. The van der Waals surface area contributed by atoms with Crippen molar-refractivity contribution in [1.29, 1.82) is 0 Å². The van der Waals surface area contributed by atoms with Gasteiger partial charge in [-0.3, -0.25) is 0 Å². The molecule has 0 saturated carbocycles. The summed E-state index contributed by atoms with van der Waals surface area (Å²) < 4.78 is 0. The zero-order chi connectivity index (χ0) is 4.28. The molecule has 0 N–H and O–H groups in total. The van der Waals surface area contributed by atoms with Crippen molar-refractivity contribution in [3.8, 4) is 0 Å². The zero-order valence-corrected chi connectivity index (χ0v) is 9.48. The molecule has 6 heavy (non-hydrogen) atoms. The van der Waals surface area contributed by atoms with Gasteiger partial charge in [0.2, 0.25) is 0 Å². The van der Waals surface area contributed by atoms with E-state index in [1.54, 1.807) is 0 Å². The molecule has 0 aromatic carbocycles. The van der Waals surface area contributed by atoms with Gasteiger partial charge < -0.3 is 6.22 Å². The van der Waals surface area contributed by atoms with Gasteiger partial charge in [0.25, 0.3) is 0 Å². The van der Waals surface area contributed by atoms with E-state index in [-0.39, 0.29) is 65.5 Å². The van der Waals surface area contributed by atoms with Gasteiger partial charge in [0.1, 0.15) is 6.29 Å². The second-order valence-corrected chi connectivity index (χ2v) is 1.38. The minimum absolute atomic E-state index is 0. The van der Waals surface area contributed by atoms with Crippen molar-refractivity contribution in [2.24, 2.45) is 5.92 Å². The van der Waals surface area contributed by atoms with Crippen molar-refractivity contribution in [1.82, 2.24) is 0 Å². The third kappa shape index (κ3) is 9.08. The predicted molar refractivity (Wildman–Crippen MR) is 22.0 cm³/mol. The number of hydrogen-bond acceptors (Lipinski definition) is 1. The van der Waals surface area contributed by atoms with Crippen LogP contribution in [0.1, 0.15) is 15.3 Å². The van der Waals surface area contributed by atoms with Crippen molar-refractivity contribution in [2.75, 3.05) is 0 Å². The quantitative estimate of drug-likeness (QED) is 0.402. The minimum Gasteiger partial charge on any atom is -1.00 e. The van der Waals surface area contributed by atoms with E-state index in [1.165, 1.54) is 0 Å². The van der Waals surface area contributed by atoms with Gasteiger partial charge in [-0.25, -0.2) is 0 Å². The first-order valence-electron chi connectivity index (χ1n) is 1.72. The van der Waals surface area contributed by atoms with E-state index in [0.717, 1.165) is 6.29 Å². The number of rotatable bonds is 1. The molecule has 0 spiro atoms. The summed E-state index contributed by atoms with van der Waals surface area (Å²) in [7, 11) is 0. The molecule has 0 aliphatic heterocycles. The van der Waals surface area contributed by atoms with Crippen LogP contribution in [0.2, 0.25) is 0 Å². The number of carbonyl (C=O) groups is 1. The Morgan fingerprint density at radius 1 is 1.67 bits per heavy atom. The molecular weight excluding hydrogens is 150 g/mol. The second kappa shape index (κ2) is 6.48. The Kier molecular flexibility index (Phi) is 11.3. The van der Waals surface area contributed by atoms with Gasteiger partial charge in [-0.05, 0) is 0 Å². The van der Waals surface area contributed by atoms with Crippen LogP contribution in [0.4, 0.5) is 0 Å². The second-order valence-electron chi connectivity index (χ2n) is 1.38. The Morgan fingerprint density at radius 3 is 1.83 bits per heavy atom. The fraction of sp³-hybridized carbons (Fsp3) is 0.750. The van der Waals surface area contributed by atoms with Crippen LogP contribution in [0.3, 0.4) is 0 Å². The van der Waals surface area contributed by atoms with Gasteiger partial charge in [0, 0.05) is 5.92 Å². The average molecular weight is 159 g/mol. The standard InChI is InChI=1S/C4H8O.Rb.H/c1-4(2)3-5;;/h3-4H,1-2H3;;/q;+1;-1. The molecule has 32 valence electrons. The van der Waals surface area contributed by atoms with E-state index in [2.05, 4.69) is 0 Å². The van der Waals surface area contributed by atoms with Crippen molar-refractivity contribution in [3.05, 3.63) is 0 Å². The maximum Gasteiger partial charge on any atom is 1.00 e. The van der Waals surface area contributed by atoms with Gasteiger partial charge in [0.15, 0.2) is 0 Å². The molecule has 0 amide bonds. The van der Waals surface area contributed by atoms with E-state index in [9.17, 15) is 4.79 Å². The minimum atomic E-state index is 0. The summed E-state index contributed by atoms with van der Waals surface area (Å²) in [6.07, 6.45) is 0.917. The third-order valence-corrected chi connectivity index (χ3v) is 0.272. The molecule has 0 fully saturated rings. The molecule has 0 saturated heterocycles. The molecule has 1 nitrogen and oxygen atoms in total. The monoisotopic (exact) mass is 158 g/mol. The van der Waals surface area contributed by atoms with Gasteiger partial charge in [-0.2, -0.15) is 0 Å². The molecule has 0 heterocycles. The number of aldehydes is 1. The molecule has 0 aliphatic rings. The van der Waals surface area contributed by atoms with Crippen LogP contribution in [0.5, 0.6) is 0 Å². The van der Waals surface area contributed by atoms with E-state index in [1.807, 2.05) is 13.8 Å². The first kappa shape index (κ1) is 10.5. The van der Waals surface area contributed by atoms with E-state index < -0.39 is 0 Å². The molecular formula is C4H9ORb. The fourth-order valence-corrected chi connectivity index (χ4v) is 0. The largest absolute Gasteiger partial charge is 1.00 e. The van der Waals surface area contributed by atoms with Gasteiger partial charge in [-0.15, -0.1) is 0 Å². The predicted octanol–water partition coefficient (Wildman–Crippen LogP) is -2.04. The maximum absolute atomic E-state index is 9.50. The van der Waals surface area contributed by atoms with Crippen LogP contribution in [-0.2, 0) is 4.79 Å². The fourth-order valence-electron chi connectivity index (χ4n) is 0. The van der Waals surface area contributed by atoms with E-state index in [4.69, 9.17) is 0 Å². The molecule has 0 aromatic rings. The van der Waals surface area contributed by atoms with Crippen LogP contribution in [0.15, 0.2) is 0 Å². The molecule has 0 rings (SSSR count). The molecule has 0 bridgehead atoms. The van der Waals surface area contributed by atoms with Gasteiger partial charge >= 0.3 is 58.2 Å². The Balaban J connectivity index is -0.0000000800. The first-order valence-corrected chi connectivity index (χ1v) is 1.72. The summed E-state index contributed by atoms with van der Waals surface area (Å²) in [6.45, 7) is 3.71. The average Bonchev–Trinajstić information content (AvgIpc) is 1.38. The number of hydrogen-bond donors (Lipinski definition) is 0. The van der Waals surface area contributed by atoms with Crippen molar-refractivity contribution in [2.45, 2.75) is 13.8 Å². The Hall–Kier alpha value is 1.48. The van der Waals surface area contributed by atoms with Crippen molar-refractivity contribution < 1.29 is 64.4 Å². The van der Waals surface area contributed by atoms with Crippen molar-refractivity contribution >= 4 is 6.29 Å². The molecule has 0 aliphatic carbocycles. The maximum atomic E-state index is 9.50. The molecule has 0 unspecified atom stereocenters. The van der Waals surface area contributed by atoms with E-state index >= 15 is 0 Å². The molecule has 2 heteroatoms. The SMILES string of the molecule is CC(C)C=O.[H-].[Rb+]. The zero-order valence-electron chi connectivity index (χ0n) is 5.56. The smallest absolute Gasteiger partial charge is 1.00 e. The van der Waals surface area contributed by atoms with Crippen LogP contribution in [-0.4, -0.2) is 6.29 Å². The molecule has 0 atom stereocenters. The van der Waals surface area contributed by atoms with Crippen LogP contribution >= 0.6 is 0 Å². The van der Waals surface area contributed by atoms with Gasteiger partial charge in [-0.1, -0.05) is 13.8 Å². The summed E-state index contributed by atoms with van der Waals surface area (Å²) in [5.74, 6) is 0.204. The first-order chi connectivity index (χ1) is 2.27. The van der Waals surface area contributed by atoms with Crippen LogP contribution < -0.4 is 58.2 Å². The summed E-state index contributed by atoms with van der Waals surface area (Å²) >= 11 is 0. The van der Waals surface area contributed by atoms with Gasteiger partial charge in [0.05, 0.1) is 0 Å². The van der Waals surface area contributed by atoms with Crippen molar-refractivity contribution in [3.63, 3.8) is 0 Å². The molecule has 0 radical (unpaired) electrons. The van der Waals surface area contributed by atoms with Crippen LogP contribution in [0, 0.1) is 5.92 Å². The summed E-state index contributed by atoms with van der Waals surface area (Å²) in [5, 5.41) is 0. The van der Waals surface area contributed by atoms with E-state index in [0.29, 0.717) is 0 Å². The topological polar surface area (TPSA) is 17.1 Å². The Labute approximate surface area is 88.8 Å². The Morgan fingerprint density at radius 2 is 1.83 bits per heavy atom. The third-order valence-electron chi connectivity index (χ3n) is 0.272. The summed E-state index contributed by atoms with van der Waals surface area (Å²) in [6, 6.07) is 0.